The normalized spacial score (nSPS) is 20.7. The number of hydrogen-bond acceptors (Lipinski definition) is 5. The Morgan fingerprint density at radius 1 is 1.25 bits per heavy atom. The van der Waals surface area contributed by atoms with Gasteiger partial charge < -0.3 is 16.0 Å². The molecule has 1 amide bonds. The minimum Gasteiger partial charge on any atom is -0.328 e. The lowest BCUT2D eigenvalue weighted by atomic mass is 9.90. The van der Waals surface area contributed by atoms with Gasteiger partial charge in [0.05, 0.1) is 5.69 Å². The summed E-state index contributed by atoms with van der Waals surface area (Å²) in [6.07, 6.45) is 7.63. The van der Waals surface area contributed by atoms with E-state index in [0.717, 1.165) is 24.9 Å². The van der Waals surface area contributed by atoms with Gasteiger partial charge in [-0.25, -0.2) is 4.79 Å². The van der Waals surface area contributed by atoms with E-state index in [-0.39, 0.29) is 5.82 Å². The molecule has 1 aliphatic carbocycles. The number of hydrogen-bond donors (Lipinski definition) is 2. The zero-order chi connectivity index (χ0) is 20.1. The number of carbonyl (C=O) groups is 1. The van der Waals surface area contributed by atoms with E-state index >= 15 is 0 Å². The molecule has 1 fully saturated rings. The highest BCUT2D eigenvalue weighted by molar-refractivity contribution is 5.68. The highest BCUT2D eigenvalue weighted by atomic mass is 16.1. The molecule has 1 saturated carbocycles. The number of anilines is 1. The molecule has 2 aromatic rings. The Balaban J connectivity index is 1.64. The van der Waals surface area contributed by atoms with E-state index in [0.29, 0.717) is 24.5 Å². The van der Waals surface area contributed by atoms with E-state index in [1.54, 1.807) is 12.3 Å². The Morgan fingerprint density at radius 3 is 2.54 bits per heavy atom. The van der Waals surface area contributed by atoms with Crippen LogP contribution in [0.15, 0.2) is 41.3 Å². The Kier molecular flexibility index (Phi) is 6.59. The molecule has 3 N–H and O–H groups in total. The van der Waals surface area contributed by atoms with Gasteiger partial charge in [-0.3, -0.25) is 9.36 Å². The molecule has 0 bridgehead atoms. The summed E-state index contributed by atoms with van der Waals surface area (Å²) in [4.78, 5) is 28.9. The number of carbonyl (C=O) groups excluding carboxylic acids is 1. The Labute approximate surface area is 165 Å². The molecule has 7 nitrogen and oxygen atoms in total. The molecule has 28 heavy (non-hydrogen) atoms. The number of rotatable bonds is 7. The number of aromatic nitrogens is 2. The van der Waals surface area contributed by atoms with Crippen LogP contribution in [0.25, 0.3) is 5.69 Å². The Bertz CT molecular complexity index is 841. The van der Waals surface area contributed by atoms with Crippen molar-refractivity contribution in [1.29, 1.82) is 0 Å². The second kappa shape index (κ2) is 9.12. The Morgan fingerprint density at radius 2 is 1.93 bits per heavy atom. The topological polar surface area (TPSA) is 93.2 Å². The van der Waals surface area contributed by atoms with Crippen LogP contribution in [-0.4, -0.2) is 46.0 Å². The van der Waals surface area contributed by atoms with Crippen LogP contribution in [0.3, 0.4) is 0 Å². The van der Waals surface area contributed by atoms with Crippen LogP contribution in [-0.2, 0) is 11.2 Å². The minimum atomic E-state index is -0.428. The summed E-state index contributed by atoms with van der Waals surface area (Å²) < 4.78 is 1.46. The first kappa shape index (κ1) is 20.2. The minimum absolute atomic E-state index is 0.244. The predicted molar refractivity (Wildman–Crippen MR) is 111 cm³/mol. The standard InChI is InChI=1S/C21H29N5O2/c1-15(25(2)18-9-5-17(22)6-10-18)13-16-3-7-19(8-4-16)26-12-11-20(23-14-27)24-21(26)28/h3-4,7-8,11-12,14-15,17-18H,5-6,9-10,13,22H2,1-2H3,(H,23,24,27,28)/t15?,17-,18+. The van der Waals surface area contributed by atoms with E-state index in [1.807, 2.05) is 12.1 Å². The first-order chi connectivity index (χ1) is 13.5. The van der Waals surface area contributed by atoms with Crippen molar-refractivity contribution in [3.05, 3.63) is 52.6 Å². The number of nitrogens with zero attached hydrogens (tertiary/aromatic N) is 3. The number of amides is 1. The van der Waals surface area contributed by atoms with Crippen molar-refractivity contribution in [2.75, 3.05) is 12.4 Å². The maximum Gasteiger partial charge on any atom is 0.354 e. The van der Waals surface area contributed by atoms with E-state index in [1.165, 1.54) is 23.0 Å². The zero-order valence-corrected chi connectivity index (χ0v) is 16.5. The fourth-order valence-electron chi connectivity index (χ4n) is 3.89. The van der Waals surface area contributed by atoms with Crippen LogP contribution in [0.4, 0.5) is 5.82 Å². The van der Waals surface area contributed by atoms with E-state index < -0.39 is 5.69 Å². The maximum atomic E-state index is 12.1. The lowest BCUT2D eigenvalue weighted by Gasteiger charge is -2.37. The summed E-state index contributed by atoms with van der Waals surface area (Å²) in [5, 5.41) is 2.38. The Hall–Kier alpha value is -2.51. The van der Waals surface area contributed by atoms with E-state index in [4.69, 9.17) is 5.73 Å². The summed E-state index contributed by atoms with van der Waals surface area (Å²) in [5.74, 6) is 0.244. The molecule has 1 aliphatic rings. The van der Waals surface area contributed by atoms with Crippen molar-refractivity contribution in [3.63, 3.8) is 0 Å². The fraction of sp³-hybridized carbons (Fsp3) is 0.476. The summed E-state index contributed by atoms with van der Waals surface area (Å²) >= 11 is 0. The van der Waals surface area contributed by atoms with Gasteiger partial charge in [0.25, 0.3) is 0 Å². The van der Waals surface area contributed by atoms with Crippen molar-refractivity contribution < 1.29 is 4.79 Å². The van der Waals surface area contributed by atoms with Crippen LogP contribution in [0.2, 0.25) is 0 Å². The third-order valence-electron chi connectivity index (χ3n) is 5.77. The van der Waals surface area contributed by atoms with Gasteiger partial charge in [-0.2, -0.15) is 4.98 Å². The summed E-state index contributed by atoms with van der Waals surface area (Å²) in [6, 6.07) is 11.0. The predicted octanol–water partition coefficient (Wildman–Crippen LogP) is 1.93. The summed E-state index contributed by atoms with van der Waals surface area (Å²) in [7, 11) is 2.21. The highest BCUT2D eigenvalue weighted by Crippen LogP contribution is 2.23. The molecule has 0 saturated heterocycles. The molecular formula is C21H29N5O2. The molecule has 1 aromatic heterocycles. The van der Waals surface area contributed by atoms with Gasteiger partial charge in [-0.1, -0.05) is 12.1 Å². The first-order valence-corrected chi connectivity index (χ1v) is 9.84. The van der Waals surface area contributed by atoms with Gasteiger partial charge in [0, 0.05) is 24.3 Å². The van der Waals surface area contributed by atoms with Crippen molar-refractivity contribution in [1.82, 2.24) is 14.5 Å². The van der Waals surface area contributed by atoms with Gasteiger partial charge in [0.1, 0.15) is 5.82 Å². The summed E-state index contributed by atoms with van der Waals surface area (Å²) in [6.45, 7) is 2.26. The number of benzene rings is 1. The van der Waals surface area contributed by atoms with Gasteiger partial charge in [-0.05, 0) is 69.8 Å². The van der Waals surface area contributed by atoms with Crippen molar-refractivity contribution in [3.8, 4) is 5.69 Å². The lowest BCUT2D eigenvalue weighted by Crippen LogP contribution is -2.43. The molecule has 0 aliphatic heterocycles. The quantitative estimate of drug-likeness (QED) is 0.713. The van der Waals surface area contributed by atoms with Crippen LogP contribution in [0, 0.1) is 0 Å². The van der Waals surface area contributed by atoms with Crippen molar-refractivity contribution in [2.45, 2.75) is 57.2 Å². The number of nitrogens with two attached hydrogens (primary N) is 1. The third-order valence-corrected chi connectivity index (χ3v) is 5.77. The monoisotopic (exact) mass is 383 g/mol. The van der Waals surface area contributed by atoms with Crippen LogP contribution >= 0.6 is 0 Å². The smallest absolute Gasteiger partial charge is 0.328 e. The maximum absolute atomic E-state index is 12.1. The van der Waals surface area contributed by atoms with Crippen molar-refractivity contribution >= 4 is 12.2 Å². The molecule has 1 atom stereocenters. The molecule has 0 spiro atoms. The van der Waals surface area contributed by atoms with Crippen LogP contribution < -0.4 is 16.7 Å². The second-order valence-electron chi connectivity index (χ2n) is 7.68. The van der Waals surface area contributed by atoms with Gasteiger partial charge in [0.15, 0.2) is 0 Å². The average Bonchev–Trinajstić information content (AvgIpc) is 2.69. The molecule has 0 radical (unpaired) electrons. The molecule has 1 unspecified atom stereocenters. The van der Waals surface area contributed by atoms with Crippen LogP contribution in [0.1, 0.15) is 38.2 Å². The van der Waals surface area contributed by atoms with Crippen LogP contribution in [0.5, 0.6) is 0 Å². The fourth-order valence-corrected chi connectivity index (χ4v) is 3.89. The number of nitrogens with one attached hydrogen (secondary N) is 1. The molecule has 1 heterocycles. The number of likely N-dealkylation sites (N-methyl/N-ethyl adjacent to an activating group) is 1. The second-order valence-corrected chi connectivity index (χ2v) is 7.68. The SMILES string of the molecule is CC(Cc1ccc(-n2ccc(NC=O)nc2=O)cc1)N(C)[C@H]1CC[C@@H](N)CC1. The van der Waals surface area contributed by atoms with Gasteiger partial charge in [-0.15, -0.1) is 0 Å². The largest absolute Gasteiger partial charge is 0.354 e. The van der Waals surface area contributed by atoms with E-state index in [9.17, 15) is 9.59 Å². The summed E-state index contributed by atoms with van der Waals surface area (Å²) in [5.41, 5.74) is 7.58. The molecule has 1 aromatic carbocycles. The lowest BCUT2D eigenvalue weighted by molar-refractivity contribution is -0.105. The molecule has 3 rings (SSSR count). The van der Waals surface area contributed by atoms with Gasteiger partial charge in [0.2, 0.25) is 6.41 Å². The molecular weight excluding hydrogens is 354 g/mol. The molecule has 7 heteroatoms. The third kappa shape index (κ3) is 4.85. The van der Waals surface area contributed by atoms with Crippen molar-refractivity contribution in [2.24, 2.45) is 5.73 Å². The average molecular weight is 383 g/mol. The highest BCUT2D eigenvalue weighted by Gasteiger charge is 2.24. The molecule has 150 valence electrons. The zero-order valence-electron chi connectivity index (χ0n) is 16.5. The first-order valence-electron chi connectivity index (χ1n) is 9.84. The van der Waals surface area contributed by atoms with Gasteiger partial charge >= 0.3 is 5.69 Å². The van der Waals surface area contributed by atoms with E-state index in [2.05, 4.69) is 41.3 Å².